The van der Waals surface area contributed by atoms with Crippen molar-refractivity contribution in [3.8, 4) is 17.6 Å². The van der Waals surface area contributed by atoms with Crippen LogP contribution in [0.5, 0.6) is 5.75 Å². The third kappa shape index (κ3) is 5.06. The summed E-state index contributed by atoms with van der Waals surface area (Å²) in [5.74, 6) is 6.82. The Bertz CT molecular complexity index is 379. The molecule has 0 aliphatic rings. The molecule has 88 valence electrons. The molecule has 0 saturated heterocycles. The van der Waals surface area contributed by atoms with Crippen LogP contribution in [0.4, 0.5) is 0 Å². The number of ether oxygens (including phenoxy) is 1. The molecule has 0 amide bonds. The molecule has 16 heavy (non-hydrogen) atoms. The van der Waals surface area contributed by atoms with Crippen molar-refractivity contribution in [2.24, 2.45) is 0 Å². The Morgan fingerprint density at radius 2 is 2.00 bits per heavy atom. The van der Waals surface area contributed by atoms with Gasteiger partial charge in [0.1, 0.15) is 12.4 Å². The number of aryl methyl sites for hydroxylation is 2. The molecule has 3 heteroatoms. The predicted molar refractivity (Wildman–Crippen MR) is 70.4 cm³/mol. The van der Waals surface area contributed by atoms with Gasteiger partial charge in [0.2, 0.25) is 0 Å². The van der Waals surface area contributed by atoms with Crippen LogP contribution in [0.3, 0.4) is 0 Å². The number of benzene rings is 1. The highest BCUT2D eigenvalue weighted by Gasteiger charge is 1.97. The van der Waals surface area contributed by atoms with Gasteiger partial charge in [-0.25, -0.2) is 0 Å². The van der Waals surface area contributed by atoms with Gasteiger partial charge in [-0.1, -0.05) is 24.0 Å². The summed E-state index contributed by atoms with van der Waals surface area (Å²) in [6.45, 7) is 5.25. The minimum absolute atomic E-state index is 0. The summed E-state index contributed by atoms with van der Waals surface area (Å²) in [5, 5.41) is 2.96. The van der Waals surface area contributed by atoms with Crippen molar-refractivity contribution in [1.29, 1.82) is 0 Å². The molecule has 0 aromatic heterocycles. The normalized spacial score (nSPS) is 8.69. The first kappa shape index (κ1) is 14.8. The van der Waals surface area contributed by atoms with Gasteiger partial charge >= 0.3 is 0 Å². The fourth-order valence-electron chi connectivity index (χ4n) is 1.18. The second kappa shape index (κ2) is 8.04. The van der Waals surface area contributed by atoms with Crippen LogP contribution in [0, 0.1) is 25.7 Å². The number of hydrogen-bond acceptors (Lipinski definition) is 2. The van der Waals surface area contributed by atoms with Crippen LogP contribution in [0.25, 0.3) is 0 Å². The van der Waals surface area contributed by atoms with Gasteiger partial charge in [-0.2, -0.15) is 0 Å². The average Bonchev–Trinajstić information content (AvgIpc) is 2.23. The van der Waals surface area contributed by atoms with E-state index in [0.717, 1.165) is 11.3 Å². The average molecular weight is 240 g/mol. The first-order valence-electron chi connectivity index (χ1n) is 5.04. The van der Waals surface area contributed by atoms with E-state index in [1.54, 1.807) is 0 Å². The van der Waals surface area contributed by atoms with E-state index in [1.807, 2.05) is 20.0 Å². The van der Waals surface area contributed by atoms with Crippen LogP contribution in [0.15, 0.2) is 18.2 Å². The van der Waals surface area contributed by atoms with Gasteiger partial charge in [0.15, 0.2) is 0 Å². The third-order valence-electron chi connectivity index (χ3n) is 2.03. The summed E-state index contributed by atoms with van der Waals surface area (Å²) < 4.78 is 5.56. The molecular weight excluding hydrogens is 222 g/mol. The fraction of sp³-hybridized carbons (Fsp3) is 0.385. The first-order valence-corrected chi connectivity index (χ1v) is 5.04. The van der Waals surface area contributed by atoms with E-state index in [-0.39, 0.29) is 12.4 Å². The first-order chi connectivity index (χ1) is 7.24. The van der Waals surface area contributed by atoms with Gasteiger partial charge in [0, 0.05) is 0 Å². The highest BCUT2D eigenvalue weighted by molar-refractivity contribution is 5.85. The fourth-order valence-corrected chi connectivity index (χ4v) is 1.18. The molecule has 0 aliphatic heterocycles. The quantitative estimate of drug-likeness (QED) is 0.818. The number of rotatable bonds is 3. The molecule has 0 atom stereocenters. The van der Waals surface area contributed by atoms with Crippen molar-refractivity contribution in [1.82, 2.24) is 5.32 Å². The second-order valence-corrected chi connectivity index (χ2v) is 3.44. The molecular formula is C13H18ClNO. The molecule has 0 saturated carbocycles. The molecule has 0 bridgehead atoms. The molecule has 0 spiro atoms. The summed E-state index contributed by atoms with van der Waals surface area (Å²) in [5.41, 5.74) is 2.36. The Morgan fingerprint density at radius 1 is 1.25 bits per heavy atom. The van der Waals surface area contributed by atoms with E-state index in [4.69, 9.17) is 4.74 Å². The predicted octanol–water partition coefficient (Wildman–Crippen LogP) is 2.33. The number of halogens is 1. The molecule has 0 fully saturated rings. The Kier molecular flexibility index (Phi) is 7.45. The zero-order valence-electron chi connectivity index (χ0n) is 9.96. The summed E-state index contributed by atoms with van der Waals surface area (Å²) in [4.78, 5) is 0. The van der Waals surface area contributed by atoms with Crippen LogP contribution in [0.1, 0.15) is 11.1 Å². The molecule has 1 rings (SSSR count). The van der Waals surface area contributed by atoms with Gasteiger partial charge in [-0.15, -0.1) is 12.4 Å². The molecule has 0 heterocycles. The lowest BCUT2D eigenvalue weighted by Crippen LogP contribution is -2.05. The van der Waals surface area contributed by atoms with Gasteiger partial charge in [0.05, 0.1) is 6.54 Å². The van der Waals surface area contributed by atoms with E-state index in [1.165, 1.54) is 5.56 Å². The maximum Gasteiger partial charge on any atom is 0.149 e. The smallest absolute Gasteiger partial charge is 0.149 e. The molecule has 0 radical (unpaired) electrons. The van der Waals surface area contributed by atoms with E-state index < -0.39 is 0 Å². The Morgan fingerprint density at radius 3 is 2.69 bits per heavy atom. The minimum Gasteiger partial charge on any atom is -0.481 e. The number of hydrogen-bond donors (Lipinski definition) is 1. The van der Waals surface area contributed by atoms with Gasteiger partial charge in [-0.05, 0) is 38.1 Å². The zero-order chi connectivity index (χ0) is 11.1. The third-order valence-corrected chi connectivity index (χ3v) is 2.03. The summed E-state index contributed by atoms with van der Waals surface area (Å²) in [7, 11) is 1.88. The lowest BCUT2D eigenvalue weighted by molar-refractivity contribution is 0.367. The molecule has 0 aliphatic carbocycles. The topological polar surface area (TPSA) is 21.3 Å². The molecule has 2 nitrogen and oxygen atoms in total. The highest BCUT2D eigenvalue weighted by Crippen LogP contribution is 2.18. The van der Waals surface area contributed by atoms with Crippen molar-refractivity contribution in [2.75, 3.05) is 20.2 Å². The SMILES string of the molecule is CNCC#CCOc1cc(C)ccc1C.Cl. The van der Waals surface area contributed by atoms with Gasteiger partial charge < -0.3 is 10.1 Å². The van der Waals surface area contributed by atoms with Crippen LogP contribution >= 0.6 is 12.4 Å². The Hall–Kier alpha value is -1.17. The van der Waals surface area contributed by atoms with E-state index in [9.17, 15) is 0 Å². The van der Waals surface area contributed by atoms with Crippen molar-refractivity contribution in [3.05, 3.63) is 29.3 Å². The molecule has 1 N–H and O–H groups in total. The van der Waals surface area contributed by atoms with E-state index in [0.29, 0.717) is 13.2 Å². The maximum absolute atomic E-state index is 5.56. The Balaban J connectivity index is 0.00000225. The lowest BCUT2D eigenvalue weighted by atomic mass is 10.1. The summed E-state index contributed by atoms with van der Waals surface area (Å²) in [6, 6.07) is 6.18. The van der Waals surface area contributed by atoms with Crippen molar-refractivity contribution >= 4 is 12.4 Å². The van der Waals surface area contributed by atoms with Crippen LogP contribution in [-0.2, 0) is 0 Å². The molecule has 0 unspecified atom stereocenters. The highest BCUT2D eigenvalue weighted by atomic mass is 35.5. The van der Waals surface area contributed by atoms with Crippen molar-refractivity contribution < 1.29 is 4.74 Å². The van der Waals surface area contributed by atoms with Crippen molar-refractivity contribution in [3.63, 3.8) is 0 Å². The van der Waals surface area contributed by atoms with E-state index >= 15 is 0 Å². The van der Waals surface area contributed by atoms with Gasteiger partial charge in [0.25, 0.3) is 0 Å². The standard InChI is InChI=1S/C13H17NO.ClH/c1-11-6-7-12(2)13(10-11)15-9-5-4-8-14-3;/h6-7,10,14H,8-9H2,1-3H3;1H. The second-order valence-electron chi connectivity index (χ2n) is 3.44. The van der Waals surface area contributed by atoms with Crippen LogP contribution in [0.2, 0.25) is 0 Å². The summed E-state index contributed by atoms with van der Waals surface area (Å²) >= 11 is 0. The van der Waals surface area contributed by atoms with Crippen molar-refractivity contribution in [2.45, 2.75) is 13.8 Å². The van der Waals surface area contributed by atoms with Crippen LogP contribution < -0.4 is 10.1 Å². The zero-order valence-corrected chi connectivity index (χ0v) is 10.8. The molecule has 1 aromatic carbocycles. The van der Waals surface area contributed by atoms with Gasteiger partial charge in [-0.3, -0.25) is 0 Å². The lowest BCUT2D eigenvalue weighted by Gasteiger charge is -2.06. The largest absolute Gasteiger partial charge is 0.481 e. The monoisotopic (exact) mass is 239 g/mol. The maximum atomic E-state index is 5.56. The summed E-state index contributed by atoms with van der Waals surface area (Å²) in [6.07, 6.45) is 0. The number of nitrogens with one attached hydrogen (secondary N) is 1. The van der Waals surface area contributed by atoms with Crippen LogP contribution in [-0.4, -0.2) is 20.2 Å². The molecule has 1 aromatic rings. The Labute approximate surface area is 104 Å². The minimum atomic E-state index is 0. The van der Waals surface area contributed by atoms with E-state index in [2.05, 4.69) is 36.2 Å².